The molecule has 0 amide bonds. The van der Waals surface area contributed by atoms with Gasteiger partial charge in [0.1, 0.15) is 11.6 Å². The van der Waals surface area contributed by atoms with Crippen molar-refractivity contribution in [3.05, 3.63) is 167 Å². The third kappa shape index (κ3) is 9.66. The van der Waals surface area contributed by atoms with Crippen LogP contribution in [0.5, 0.6) is 0 Å². The molecule has 0 unspecified atom stereocenters. The maximum Gasteiger partial charge on any atom is 0.131 e. The topological polar surface area (TPSA) is 0 Å². The Morgan fingerprint density at radius 1 is 0.340 bits per heavy atom. The zero-order chi connectivity index (χ0) is 35.3. The van der Waals surface area contributed by atoms with Crippen molar-refractivity contribution < 1.29 is 8.78 Å². The maximum atomic E-state index is 14.7. The molecule has 0 nitrogen and oxygen atoms in total. The SMILES string of the molecule is CCCCc1ccc(-c2ccc(-c3ccc(CC)cc3)c(F)c2)cc1.CCCCc1ccc(-c2ccc(-c3ccc(CC)cc3)cc2F)cc1. The highest BCUT2D eigenvalue weighted by atomic mass is 19.1. The van der Waals surface area contributed by atoms with E-state index in [1.165, 1.54) is 47.9 Å². The van der Waals surface area contributed by atoms with Gasteiger partial charge in [0.25, 0.3) is 0 Å². The minimum atomic E-state index is -0.170. The summed E-state index contributed by atoms with van der Waals surface area (Å²) in [7, 11) is 0. The summed E-state index contributed by atoms with van der Waals surface area (Å²) in [6.07, 6.45) is 9.00. The van der Waals surface area contributed by atoms with E-state index in [-0.39, 0.29) is 11.6 Å². The van der Waals surface area contributed by atoms with Crippen LogP contribution in [0.3, 0.4) is 0 Å². The molecule has 0 N–H and O–H groups in total. The molecule has 0 aliphatic carbocycles. The van der Waals surface area contributed by atoms with Gasteiger partial charge in [-0.2, -0.15) is 0 Å². The van der Waals surface area contributed by atoms with E-state index in [1.807, 2.05) is 48.5 Å². The Hall–Kier alpha value is -4.82. The number of rotatable bonds is 12. The van der Waals surface area contributed by atoms with Crippen molar-refractivity contribution in [2.45, 2.75) is 79.1 Å². The van der Waals surface area contributed by atoms with E-state index in [9.17, 15) is 8.78 Å². The van der Waals surface area contributed by atoms with Crippen molar-refractivity contribution in [1.29, 1.82) is 0 Å². The monoisotopic (exact) mass is 664 g/mol. The molecule has 256 valence electrons. The van der Waals surface area contributed by atoms with Gasteiger partial charge in [-0.1, -0.05) is 162 Å². The second kappa shape index (κ2) is 18.3. The third-order valence-corrected chi connectivity index (χ3v) is 9.50. The van der Waals surface area contributed by atoms with Gasteiger partial charge in [-0.3, -0.25) is 0 Å². The molecule has 0 aliphatic heterocycles. The first-order valence-electron chi connectivity index (χ1n) is 18.4. The van der Waals surface area contributed by atoms with Gasteiger partial charge in [0.2, 0.25) is 0 Å². The second-order valence-electron chi connectivity index (χ2n) is 13.1. The van der Waals surface area contributed by atoms with E-state index in [1.54, 1.807) is 12.1 Å². The summed E-state index contributed by atoms with van der Waals surface area (Å²) in [4.78, 5) is 0. The smallest absolute Gasteiger partial charge is 0.131 e. The van der Waals surface area contributed by atoms with Crippen molar-refractivity contribution in [1.82, 2.24) is 0 Å². The average Bonchev–Trinajstić information content (AvgIpc) is 3.17. The molecule has 0 atom stereocenters. The molecule has 0 bridgehead atoms. The summed E-state index contributed by atoms with van der Waals surface area (Å²) in [5.74, 6) is -0.338. The van der Waals surface area contributed by atoms with Crippen LogP contribution in [0.25, 0.3) is 44.5 Å². The van der Waals surface area contributed by atoms with Gasteiger partial charge >= 0.3 is 0 Å². The third-order valence-electron chi connectivity index (χ3n) is 9.50. The van der Waals surface area contributed by atoms with Gasteiger partial charge in [-0.05, 0) is 106 Å². The Morgan fingerprint density at radius 2 is 0.640 bits per heavy atom. The number of aryl methyl sites for hydroxylation is 4. The van der Waals surface area contributed by atoms with Gasteiger partial charge in [-0.15, -0.1) is 0 Å². The molecule has 6 rings (SSSR count). The van der Waals surface area contributed by atoms with Crippen LogP contribution >= 0.6 is 0 Å². The van der Waals surface area contributed by atoms with E-state index in [4.69, 9.17) is 0 Å². The number of hydrogen-bond donors (Lipinski definition) is 0. The normalized spacial score (nSPS) is 10.8. The van der Waals surface area contributed by atoms with Crippen LogP contribution in [0.4, 0.5) is 8.78 Å². The number of halogens is 2. The van der Waals surface area contributed by atoms with Gasteiger partial charge in [-0.25, -0.2) is 8.78 Å². The lowest BCUT2D eigenvalue weighted by Gasteiger charge is -2.09. The number of hydrogen-bond acceptors (Lipinski definition) is 0. The van der Waals surface area contributed by atoms with Crippen molar-refractivity contribution in [3.8, 4) is 44.5 Å². The van der Waals surface area contributed by atoms with Crippen LogP contribution in [-0.2, 0) is 25.7 Å². The van der Waals surface area contributed by atoms with E-state index in [2.05, 4.69) is 100 Å². The van der Waals surface area contributed by atoms with Crippen LogP contribution < -0.4 is 0 Å². The standard InChI is InChI=1S/2C24H25F/c1-3-5-6-19-9-11-20(12-10-19)22-15-16-23(24(25)17-22)21-13-7-18(4-2)8-14-21;1-3-5-6-19-9-13-21(14-10-19)23-16-15-22(17-24(23)25)20-11-7-18(4-2)8-12-20/h2*7-17H,3-6H2,1-2H3. The Labute approximate surface area is 298 Å². The van der Waals surface area contributed by atoms with E-state index >= 15 is 0 Å². The molecule has 0 aliphatic rings. The highest BCUT2D eigenvalue weighted by molar-refractivity contribution is 5.72. The molecule has 0 saturated heterocycles. The Kier molecular flexibility index (Phi) is 13.3. The molecule has 6 aromatic rings. The first-order valence-corrected chi connectivity index (χ1v) is 18.4. The van der Waals surface area contributed by atoms with Gasteiger partial charge in [0.05, 0.1) is 0 Å². The van der Waals surface area contributed by atoms with Crippen LogP contribution in [-0.4, -0.2) is 0 Å². The lowest BCUT2D eigenvalue weighted by molar-refractivity contribution is 0.631. The Balaban J connectivity index is 0.000000194. The molecular formula is C48H50F2. The molecule has 0 heterocycles. The van der Waals surface area contributed by atoms with Crippen molar-refractivity contribution >= 4 is 0 Å². The lowest BCUT2D eigenvalue weighted by atomic mass is 9.97. The number of benzene rings is 6. The van der Waals surface area contributed by atoms with Gasteiger partial charge < -0.3 is 0 Å². The maximum absolute atomic E-state index is 14.7. The Bertz CT molecular complexity index is 1920. The molecule has 0 radical (unpaired) electrons. The average molecular weight is 665 g/mol. The quantitative estimate of drug-likeness (QED) is 0.122. The fourth-order valence-corrected chi connectivity index (χ4v) is 6.19. The van der Waals surface area contributed by atoms with E-state index in [0.29, 0.717) is 11.1 Å². The molecule has 0 fully saturated rings. The summed E-state index contributed by atoms with van der Waals surface area (Å²) in [6, 6.07) is 44.3. The van der Waals surface area contributed by atoms with Crippen LogP contribution in [0.2, 0.25) is 0 Å². The summed E-state index contributed by atoms with van der Waals surface area (Å²) in [5, 5.41) is 0. The minimum Gasteiger partial charge on any atom is -0.206 e. The van der Waals surface area contributed by atoms with Crippen molar-refractivity contribution in [2.24, 2.45) is 0 Å². The predicted molar refractivity (Wildman–Crippen MR) is 211 cm³/mol. The summed E-state index contributed by atoms with van der Waals surface area (Å²) in [6.45, 7) is 8.66. The molecular weight excluding hydrogens is 615 g/mol. The van der Waals surface area contributed by atoms with Crippen LogP contribution in [0, 0.1) is 11.6 Å². The molecule has 0 spiro atoms. The van der Waals surface area contributed by atoms with E-state index < -0.39 is 0 Å². The van der Waals surface area contributed by atoms with Gasteiger partial charge in [0, 0.05) is 11.1 Å². The highest BCUT2D eigenvalue weighted by Gasteiger charge is 2.09. The summed E-state index contributed by atoms with van der Waals surface area (Å²) < 4.78 is 29.3. The lowest BCUT2D eigenvalue weighted by Crippen LogP contribution is -1.89. The predicted octanol–water partition coefficient (Wildman–Crippen LogP) is 14.1. The summed E-state index contributed by atoms with van der Waals surface area (Å²) >= 11 is 0. The Morgan fingerprint density at radius 3 is 0.940 bits per heavy atom. The van der Waals surface area contributed by atoms with Crippen LogP contribution in [0.15, 0.2) is 133 Å². The fraction of sp³-hybridized carbons (Fsp3) is 0.250. The molecule has 2 heteroatoms. The second-order valence-corrected chi connectivity index (χ2v) is 13.1. The molecule has 0 aromatic heterocycles. The molecule has 0 saturated carbocycles. The van der Waals surface area contributed by atoms with E-state index in [0.717, 1.165) is 59.1 Å². The van der Waals surface area contributed by atoms with Crippen LogP contribution in [0.1, 0.15) is 75.6 Å². The van der Waals surface area contributed by atoms with Crippen molar-refractivity contribution in [3.63, 3.8) is 0 Å². The molecule has 50 heavy (non-hydrogen) atoms. The minimum absolute atomic E-state index is 0.168. The first kappa shape index (κ1) is 36.5. The van der Waals surface area contributed by atoms with Gasteiger partial charge in [0.15, 0.2) is 0 Å². The largest absolute Gasteiger partial charge is 0.206 e. The fourth-order valence-electron chi connectivity index (χ4n) is 6.19. The number of unbranched alkanes of at least 4 members (excludes halogenated alkanes) is 2. The zero-order valence-corrected chi connectivity index (χ0v) is 30.1. The van der Waals surface area contributed by atoms with Crippen molar-refractivity contribution in [2.75, 3.05) is 0 Å². The highest BCUT2D eigenvalue weighted by Crippen LogP contribution is 2.30. The zero-order valence-electron chi connectivity index (χ0n) is 30.1. The molecule has 6 aromatic carbocycles. The first-order chi connectivity index (χ1) is 24.4. The summed E-state index contributed by atoms with van der Waals surface area (Å²) in [5.41, 5.74) is 12.4.